The smallest absolute Gasteiger partial charge is 0.327 e. The third-order valence-corrected chi connectivity index (χ3v) is 4.47. The number of hydrogen-bond donors (Lipinski definition) is 1. The van der Waals surface area contributed by atoms with E-state index in [9.17, 15) is 9.59 Å². The van der Waals surface area contributed by atoms with E-state index in [2.05, 4.69) is 16.3 Å². The van der Waals surface area contributed by atoms with E-state index in [1.807, 2.05) is 42.5 Å². The highest BCUT2D eigenvalue weighted by Crippen LogP contribution is 2.32. The van der Waals surface area contributed by atoms with Crippen molar-refractivity contribution in [1.82, 2.24) is 4.90 Å². The molecule has 0 aliphatic carbocycles. The Bertz CT molecular complexity index is 771. The zero-order valence-electron chi connectivity index (χ0n) is 14.5. The maximum atomic E-state index is 12.4. The largest absolute Gasteiger partial charge is 0.468 e. The molecular weight excluding hydrogens is 316 g/mol. The molecule has 0 aromatic heterocycles. The number of benzene rings is 2. The predicted octanol–water partition coefficient (Wildman–Crippen LogP) is 2.92. The fraction of sp³-hybridized carbons (Fsp3) is 0.300. The molecule has 5 nitrogen and oxygen atoms in total. The third kappa shape index (κ3) is 3.88. The van der Waals surface area contributed by atoms with Crippen LogP contribution < -0.4 is 5.32 Å². The summed E-state index contributed by atoms with van der Waals surface area (Å²) in [6.07, 6.45) is 0.910. The van der Waals surface area contributed by atoms with E-state index in [0.29, 0.717) is 6.54 Å². The van der Waals surface area contributed by atoms with Crippen LogP contribution in [0.1, 0.15) is 29.7 Å². The molecule has 5 heteroatoms. The minimum Gasteiger partial charge on any atom is -0.468 e. The van der Waals surface area contributed by atoms with Gasteiger partial charge in [-0.3, -0.25) is 9.69 Å². The summed E-state index contributed by atoms with van der Waals surface area (Å²) < 4.78 is 5.05. The summed E-state index contributed by atoms with van der Waals surface area (Å²) in [7, 11) is 1.43. The van der Waals surface area contributed by atoms with Crippen LogP contribution in [0.2, 0.25) is 0 Å². The molecule has 1 N–H and O–H groups in total. The van der Waals surface area contributed by atoms with Crippen molar-refractivity contribution in [1.29, 1.82) is 0 Å². The van der Waals surface area contributed by atoms with Gasteiger partial charge in [0.25, 0.3) is 0 Å². The predicted molar refractivity (Wildman–Crippen MR) is 96.1 cm³/mol. The van der Waals surface area contributed by atoms with E-state index in [0.717, 1.165) is 29.8 Å². The topological polar surface area (TPSA) is 58.6 Å². The van der Waals surface area contributed by atoms with Crippen molar-refractivity contribution in [3.8, 4) is 0 Å². The van der Waals surface area contributed by atoms with Gasteiger partial charge in [-0.05, 0) is 35.2 Å². The van der Waals surface area contributed by atoms with Crippen molar-refractivity contribution in [3.63, 3.8) is 0 Å². The van der Waals surface area contributed by atoms with Gasteiger partial charge in [-0.15, -0.1) is 0 Å². The molecule has 1 aliphatic heterocycles. The molecule has 0 radical (unpaired) electrons. The Hall–Kier alpha value is -2.66. The lowest BCUT2D eigenvalue weighted by atomic mass is 9.92. The number of methoxy groups -OCH3 is 1. The number of ether oxygens (including phenoxy) is 1. The number of carbonyl (C=O) groups excluding carboxylic acids is 2. The fourth-order valence-electron chi connectivity index (χ4n) is 3.31. The van der Waals surface area contributed by atoms with E-state index in [1.165, 1.54) is 19.6 Å². The standard InChI is InChI=1S/C20H22N2O3/c1-14(23)21-17-9-7-15(8-10-17)13-22-12-11-16-5-3-4-6-18(16)19(22)20(24)25-2/h3-10,19H,11-13H2,1-2H3,(H,21,23)/t19-/m1/s1. The zero-order chi connectivity index (χ0) is 17.8. The van der Waals surface area contributed by atoms with Gasteiger partial charge in [-0.2, -0.15) is 0 Å². The van der Waals surface area contributed by atoms with Crippen LogP contribution in [0.15, 0.2) is 48.5 Å². The normalized spacial score (nSPS) is 16.8. The van der Waals surface area contributed by atoms with Crippen molar-refractivity contribution < 1.29 is 14.3 Å². The number of nitrogens with zero attached hydrogens (tertiary/aromatic N) is 1. The van der Waals surface area contributed by atoms with E-state index in [1.54, 1.807) is 0 Å². The van der Waals surface area contributed by atoms with Gasteiger partial charge in [-0.1, -0.05) is 36.4 Å². The third-order valence-electron chi connectivity index (χ3n) is 4.47. The summed E-state index contributed by atoms with van der Waals surface area (Å²) in [6, 6.07) is 15.4. The average molecular weight is 338 g/mol. The molecule has 130 valence electrons. The number of esters is 1. The van der Waals surface area contributed by atoms with Gasteiger partial charge in [0, 0.05) is 25.7 Å². The van der Waals surface area contributed by atoms with Crippen LogP contribution in [0, 0.1) is 0 Å². The molecule has 0 spiro atoms. The van der Waals surface area contributed by atoms with Crippen molar-refractivity contribution in [2.75, 3.05) is 19.0 Å². The summed E-state index contributed by atoms with van der Waals surface area (Å²) >= 11 is 0. The Kier molecular flexibility index (Phi) is 5.14. The number of rotatable bonds is 4. The van der Waals surface area contributed by atoms with Crippen molar-refractivity contribution in [2.45, 2.75) is 25.9 Å². The van der Waals surface area contributed by atoms with Crippen LogP contribution in [-0.4, -0.2) is 30.4 Å². The average Bonchev–Trinajstić information content (AvgIpc) is 2.62. The van der Waals surface area contributed by atoms with E-state index in [-0.39, 0.29) is 17.9 Å². The van der Waals surface area contributed by atoms with Gasteiger partial charge in [0.15, 0.2) is 0 Å². The maximum Gasteiger partial charge on any atom is 0.327 e. The van der Waals surface area contributed by atoms with E-state index >= 15 is 0 Å². The summed E-state index contributed by atoms with van der Waals surface area (Å²) in [5.41, 5.74) is 4.08. The van der Waals surface area contributed by atoms with Crippen LogP contribution in [0.5, 0.6) is 0 Å². The number of carbonyl (C=O) groups is 2. The van der Waals surface area contributed by atoms with Crippen LogP contribution in [0.25, 0.3) is 0 Å². The first kappa shape index (κ1) is 17.2. The van der Waals surface area contributed by atoms with Crippen molar-refractivity contribution in [2.24, 2.45) is 0 Å². The summed E-state index contributed by atoms with van der Waals surface area (Å²) in [5.74, 6) is -0.326. The van der Waals surface area contributed by atoms with Gasteiger partial charge >= 0.3 is 5.97 Å². The Balaban J connectivity index is 1.81. The van der Waals surface area contributed by atoms with Gasteiger partial charge in [0.05, 0.1) is 7.11 Å². The molecule has 0 unspecified atom stereocenters. The maximum absolute atomic E-state index is 12.4. The summed E-state index contributed by atoms with van der Waals surface area (Å²) in [4.78, 5) is 25.6. The van der Waals surface area contributed by atoms with Crippen LogP contribution in [0.3, 0.4) is 0 Å². The molecule has 0 saturated carbocycles. The second-order valence-corrected chi connectivity index (χ2v) is 6.22. The van der Waals surface area contributed by atoms with Crippen molar-refractivity contribution in [3.05, 3.63) is 65.2 Å². The van der Waals surface area contributed by atoms with E-state index < -0.39 is 0 Å². The second-order valence-electron chi connectivity index (χ2n) is 6.22. The molecular formula is C20H22N2O3. The summed E-state index contributed by atoms with van der Waals surface area (Å²) in [5, 5.41) is 2.76. The zero-order valence-corrected chi connectivity index (χ0v) is 14.5. The van der Waals surface area contributed by atoms with Gasteiger partial charge in [0.1, 0.15) is 6.04 Å². The van der Waals surface area contributed by atoms with Crippen LogP contribution >= 0.6 is 0 Å². The monoisotopic (exact) mass is 338 g/mol. The van der Waals surface area contributed by atoms with Crippen molar-refractivity contribution >= 4 is 17.6 Å². The molecule has 25 heavy (non-hydrogen) atoms. The van der Waals surface area contributed by atoms with Gasteiger partial charge in [0.2, 0.25) is 5.91 Å². The fourth-order valence-corrected chi connectivity index (χ4v) is 3.31. The number of nitrogens with one attached hydrogen (secondary N) is 1. The quantitative estimate of drug-likeness (QED) is 0.871. The minimum absolute atomic E-state index is 0.0915. The Morgan fingerprint density at radius 2 is 1.88 bits per heavy atom. The SMILES string of the molecule is COC(=O)[C@H]1c2ccccc2CCN1Cc1ccc(NC(C)=O)cc1. The molecule has 1 amide bonds. The number of hydrogen-bond acceptors (Lipinski definition) is 4. The Morgan fingerprint density at radius 1 is 1.16 bits per heavy atom. The molecule has 0 fully saturated rings. The van der Waals surface area contributed by atoms with Crippen LogP contribution in [-0.2, 0) is 27.3 Å². The first-order valence-electron chi connectivity index (χ1n) is 8.34. The lowest BCUT2D eigenvalue weighted by Crippen LogP contribution is -2.39. The molecule has 0 saturated heterocycles. The molecule has 1 heterocycles. The molecule has 2 aromatic rings. The highest BCUT2D eigenvalue weighted by Gasteiger charge is 2.33. The Morgan fingerprint density at radius 3 is 2.56 bits per heavy atom. The Labute approximate surface area is 147 Å². The molecule has 0 bridgehead atoms. The molecule has 1 aliphatic rings. The second kappa shape index (κ2) is 7.49. The molecule has 2 aromatic carbocycles. The molecule has 3 rings (SSSR count). The van der Waals surface area contributed by atoms with Crippen LogP contribution in [0.4, 0.5) is 5.69 Å². The first-order valence-corrected chi connectivity index (χ1v) is 8.34. The summed E-state index contributed by atoms with van der Waals surface area (Å²) in [6.45, 7) is 2.93. The number of anilines is 1. The highest BCUT2D eigenvalue weighted by molar-refractivity contribution is 5.88. The molecule has 1 atom stereocenters. The lowest BCUT2D eigenvalue weighted by molar-refractivity contribution is -0.148. The number of fused-ring (bicyclic) bond motifs is 1. The van der Waals surface area contributed by atoms with Gasteiger partial charge < -0.3 is 10.1 Å². The van der Waals surface area contributed by atoms with Gasteiger partial charge in [-0.25, -0.2) is 4.79 Å². The van der Waals surface area contributed by atoms with E-state index in [4.69, 9.17) is 4.74 Å². The highest BCUT2D eigenvalue weighted by atomic mass is 16.5. The number of amides is 1. The first-order chi connectivity index (χ1) is 12.1. The lowest BCUT2D eigenvalue weighted by Gasteiger charge is -2.35. The minimum atomic E-state index is -0.384.